The standard InChI is InChI=1S/C34H33BrN2O2/c35-30-12-6-27(7-13-30)33(26-4-2-1-3-5-26)34(28-8-14-31(15-9-28)36-18-22-38-23-19-36)29-10-16-32(17-11-29)37-20-24-39-25-21-37/h1-17H,18-25H2. The average molecular weight is 582 g/mol. The van der Waals surface area contributed by atoms with Crippen LogP contribution < -0.4 is 9.80 Å². The van der Waals surface area contributed by atoms with Gasteiger partial charge in [0.15, 0.2) is 0 Å². The minimum atomic E-state index is 0.782. The molecule has 2 fully saturated rings. The predicted molar refractivity (Wildman–Crippen MR) is 165 cm³/mol. The molecule has 0 unspecified atom stereocenters. The topological polar surface area (TPSA) is 24.9 Å². The van der Waals surface area contributed by atoms with Crippen LogP contribution in [0.5, 0.6) is 0 Å². The van der Waals surface area contributed by atoms with Gasteiger partial charge in [-0.2, -0.15) is 0 Å². The maximum Gasteiger partial charge on any atom is 0.0642 e. The first-order valence-corrected chi connectivity index (χ1v) is 14.5. The van der Waals surface area contributed by atoms with Gasteiger partial charge in [-0.05, 0) is 69.8 Å². The van der Waals surface area contributed by atoms with Crippen molar-refractivity contribution in [3.8, 4) is 0 Å². The molecule has 0 bridgehead atoms. The van der Waals surface area contributed by atoms with Crippen LogP contribution in [0.15, 0.2) is 108 Å². The number of hydrogen-bond donors (Lipinski definition) is 0. The molecule has 4 aromatic carbocycles. The molecule has 0 radical (unpaired) electrons. The van der Waals surface area contributed by atoms with Crippen LogP contribution in [-0.2, 0) is 9.47 Å². The van der Waals surface area contributed by atoms with E-state index in [4.69, 9.17) is 9.47 Å². The summed E-state index contributed by atoms with van der Waals surface area (Å²) < 4.78 is 12.2. The number of hydrogen-bond acceptors (Lipinski definition) is 4. The first-order valence-electron chi connectivity index (χ1n) is 13.7. The largest absolute Gasteiger partial charge is 0.378 e. The van der Waals surface area contributed by atoms with E-state index in [2.05, 4.69) is 129 Å². The number of benzene rings is 4. The number of halogens is 1. The smallest absolute Gasteiger partial charge is 0.0642 e. The normalized spacial score (nSPS) is 15.7. The van der Waals surface area contributed by atoms with Crippen LogP contribution in [0, 0.1) is 0 Å². The van der Waals surface area contributed by atoms with Gasteiger partial charge in [0.25, 0.3) is 0 Å². The third kappa shape index (κ3) is 5.96. The van der Waals surface area contributed by atoms with Gasteiger partial charge in [-0.25, -0.2) is 0 Å². The molecule has 4 aromatic rings. The van der Waals surface area contributed by atoms with Crippen LogP contribution in [0.2, 0.25) is 0 Å². The molecule has 0 N–H and O–H groups in total. The van der Waals surface area contributed by atoms with Crippen LogP contribution in [0.25, 0.3) is 11.1 Å². The first kappa shape index (κ1) is 25.9. The summed E-state index contributed by atoms with van der Waals surface area (Å²) in [5.41, 5.74) is 9.73. The molecule has 198 valence electrons. The van der Waals surface area contributed by atoms with E-state index >= 15 is 0 Å². The molecule has 2 aliphatic rings. The second-order valence-corrected chi connectivity index (χ2v) is 10.8. The van der Waals surface area contributed by atoms with Gasteiger partial charge in [0, 0.05) is 42.0 Å². The molecule has 0 atom stereocenters. The number of morpholine rings is 2. The number of rotatable bonds is 6. The Bertz CT molecular complexity index is 1330. The predicted octanol–water partition coefficient (Wildman–Crippen LogP) is 7.13. The van der Waals surface area contributed by atoms with Gasteiger partial charge >= 0.3 is 0 Å². The summed E-state index contributed by atoms with van der Waals surface area (Å²) in [6.45, 7) is 6.85. The summed E-state index contributed by atoms with van der Waals surface area (Å²) in [6.07, 6.45) is 0. The van der Waals surface area contributed by atoms with E-state index in [0.29, 0.717) is 0 Å². The lowest BCUT2D eigenvalue weighted by molar-refractivity contribution is 0.122. The molecule has 5 heteroatoms. The summed E-state index contributed by atoms with van der Waals surface area (Å²) in [5, 5.41) is 0. The molecule has 0 saturated carbocycles. The lowest BCUT2D eigenvalue weighted by Crippen LogP contribution is -2.36. The van der Waals surface area contributed by atoms with Gasteiger partial charge in [-0.3, -0.25) is 0 Å². The average Bonchev–Trinajstić information content (AvgIpc) is 3.02. The Balaban J connectivity index is 1.49. The van der Waals surface area contributed by atoms with Gasteiger partial charge in [0.1, 0.15) is 0 Å². The molecular weight excluding hydrogens is 548 g/mol. The first-order chi connectivity index (χ1) is 19.3. The zero-order valence-electron chi connectivity index (χ0n) is 22.1. The van der Waals surface area contributed by atoms with Crippen LogP contribution in [-0.4, -0.2) is 52.6 Å². The summed E-state index contributed by atoms with van der Waals surface area (Å²) in [4.78, 5) is 4.81. The van der Waals surface area contributed by atoms with E-state index < -0.39 is 0 Å². The fourth-order valence-corrected chi connectivity index (χ4v) is 5.72. The van der Waals surface area contributed by atoms with Crippen LogP contribution in [0.1, 0.15) is 22.3 Å². The van der Waals surface area contributed by atoms with Crippen molar-refractivity contribution in [1.82, 2.24) is 0 Å². The second kappa shape index (κ2) is 12.2. The Kier molecular flexibility index (Phi) is 8.10. The van der Waals surface area contributed by atoms with E-state index in [-0.39, 0.29) is 0 Å². The molecule has 2 aliphatic heterocycles. The van der Waals surface area contributed by atoms with E-state index in [0.717, 1.165) is 57.1 Å². The van der Waals surface area contributed by atoms with Crippen LogP contribution in [0.3, 0.4) is 0 Å². The molecular formula is C34H33BrN2O2. The maximum atomic E-state index is 5.57. The number of anilines is 2. The highest BCUT2D eigenvalue weighted by Crippen LogP contribution is 2.38. The molecule has 0 spiro atoms. The lowest BCUT2D eigenvalue weighted by atomic mass is 9.85. The van der Waals surface area contributed by atoms with Crippen molar-refractivity contribution in [2.24, 2.45) is 0 Å². The highest BCUT2D eigenvalue weighted by Gasteiger charge is 2.19. The van der Waals surface area contributed by atoms with Crippen molar-refractivity contribution in [3.05, 3.63) is 130 Å². The quantitative estimate of drug-likeness (QED) is 0.226. The SMILES string of the molecule is Brc1ccc(C(=C(c2ccc(N3CCOCC3)cc2)c2ccc(N3CCOCC3)cc2)c2ccccc2)cc1. The summed E-state index contributed by atoms with van der Waals surface area (Å²) in [7, 11) is 0. The summed E-state index contributed by atoms with van der Waals surface area (Å²) in [5.74, 6) is 0. The fourth-order valence-electron chi connectivity index (χ4n) is 5.45. The third-order valence-electron chi connectivity index (χ3n) is 7.51. The van der Waals surface area contributed by atoms with Gasteiger partial charge < -0.3 is 19.3 Å². The monoisotopic (exact) mass is 580 g/mol. The molecule has 2 saturated heterocycles. The summed E-state index contributed by atoms with van der Waals surface area (Å²) >= 11 is 3.63. The Morgan fingerprint density at radius 2 is 0.821 bits per heavy atom. The van der Waals surface area contributed by atoms with Crippen LogP contribution >= 0.6 is 15.9 Å². The van der Waals surface area contributed by atoms with E-state index in [1.807, 2.05) is 0 Å². The molecule has 2 heterocycles. The van der Waals surface area contributed by atoms with Gasteiger partial charge in [0.05, 0.1) is 26.4 Å². The molecule has 0 aromatic heterocycles. The number of ether oxygens (including phenoxy) is 2. The van der Waals surface area contributed by atoms with Crippen LogP contribution in [0.4, 0.5) is 11.4 Å². The zero-order chi connectivity index (χ0) is 26.4. The summed E-state index contributed by atoms with van der Waals surface area (Å²) in [6, 6.07) is 37.5. The van der Waals surface area contributed by atoms with E-state index in [9.17, 15) is 0 Å². The molecule has 0 aliphatic carbocycles. The van der Waals surface area contributed by atoms with E-state index in [1.54, 1.807) is 0 Å². The van der Waals surface area contributed by atoms with Gasteiger partial charge in [-0.15, -0.1) is 0 Å². The minimum Gasteiger partial charge on any atom is -0.378 e. The highest BCUT2D eigenvalue weighted by atomic mass is 79.9. The highest BCUT2D eigenvalue weighted by molar-refractivity contribution is 9.10. The minimum absolute atomic E-state index is 0.782. The fraction of sp³-hybridized carbons (Fsp3) is 0.235. The van der Waals surface area contributed by atoms with E-state index in [1.165, 1.54) is 44.8 Å². The van der Waals surface area contributed by atoms with Crippen molar-refractivity contribution >= 4 is 38.5 Å². The maximum absolute atomic E-state index is 5.57. The molecule has 4 nitrogen and oxygen atoms in total. The van der Waals surface area contributed by atoms with Crippen molar-refractivity contribution in [3.63, 3.8) is 0 Å². The van der Waals surface area contributed by atoms with Crippen molar-refractivity contribution in [1.29, 1.82) is 0 Å². The van der Waals surface area contributed by atoms with Gasteiger partial charge in [0.2, 0.25) is 0 Å². The Morgan fingerprint density at radius 3 is 1.23 bits per heavy atom. The Labute approximate surface area is 239 Å². The van der Waals surface area contributed by atoms with Crippen molar-refractivity contribution < 1.29 is 9.47 Å². The number of nitrogens with zero attached hydrogens (tertiary/aromatic N) is 2. The molecule has 6 rings (SSSR count). The van der Waals surface area contributed by atoms with Crippen molar-refractivity contribution in [2.75, 3.05) is 62.4 Å². The third-order valence-corrected chi connectivity index (χ3v) is 8.04. The second-order valence-electron chi connectivity index (χ2n) is 9.92. The zero-order valence-corrected chi connectivity index (χ0v) is 23.6. The van der Waals surface area contributed by atoms with Crippen molar-refractivity contribution in [2.45, 2.75) is 0 Å². The molecule has 0 amide bonds. The lowest BCUT2D eigenvalue weighted by Gasteiger charge is -2.29. The van der Waals surface area contributed by atoms with Gasteiger partial charge in [-0.1, -0.05) is 82.7 Å². The Hall–Kier alpha value is -3.38. The Morgan fingerprint density at radius 1 is 0.462 bits per heavy atom. The molecule has 39 heavy (non-hydrogen) atoms.